The molecule has 0 aromatic rings. The first-order valence-corrected chi connectivity index (χ1v) is 7.05. The van der Waals surface area contributed by atoms with Gasteiger partial charge in [-0.15, -0.1) is 0 Å². The van der Waals surface area contributed by atoms with Crippen molar-refractivity contribution in [3.8, 4) is 0 Å². The predicted molar refractivity (Wildman–Crippen MR) is 69.9 cm³/mol. The summed E-state index contributed by atoms with van der Waals surface area (Å²) in [6.45, 7) is 7.15. The van der Waals surface area contributed by atoms with Crippen molar-refractivity contribution in [2.45, 2.75) is 52.5 Å². The van der Waals surface area contributed by atoms with Crippen LogP contribution in [0.1, 0.15) is 46.5 Å². The number of nitrogens with zero attached hydrogens (tertiary/aromatic N) is 1. The van der Waals surface area contributed by atoms with E-state index in [1.165, 1.54) is 19.3 Å². The fourth-order valence-electron chi connectivity index (χ4n) is 2.91. The first kappa shape index (κ1) is 13.4. The lowest BCUT2D eigenvalue weighted by Crippen LogP contribution is -2.60. The Kier molecular flexibility index (Phi) is 3.64. The van der Waals surface area contributed by atoms with E-state index < -0.39 is 0 Å². The van der Waals surface area contributed by atoms with Crippen LogP contribution >= 0.6 is 0 Å². The van der Waals surface area contributed by atoms with E-state index in [9.17, 15) is 9.59 Å². The van der Waals surface area contributed by atoms with Gasteiger partial charge < -0.3 is 10.2 Å². The zero-order valence-electron chi connectivity index (χ0n) is 11.7. The molecule has 1 N–H and O–H groups in total. The first-order chi connectivity index (χ1) is 8.47. The molecule has 102 valence electrons. The van der Waals surface area contributed by atoms with Crippen LogP contribution in [0, 0.1) is 11.3 Å². The second-order valence-corrected chi connectivity index (χ2v) is 6.23. The van der Waals surface area contributed by atoms with Gasteiger partial charge in [0.25, 0.3) is 0 Å². The lowest BCUT2D eigenvalue weighted by Gasteiger charge is -2.36. The fourth-order valence-corrected chi connectivity index (χ4v) is 2.91. The summed E-state index contributed by atoms with van der Waals surface area (Å²) in [6, 6.07) is -0.330. The van der Waals surface area contributed by atoms with Crippen LogP contribution in [0.15, 0.2) is 0 Å². The molecule has 2 rings (SSSR count). The minimum absolute atomic E-state index is 0.0133. The average Bonchev–Trinajstić information content (AvgIpc) is 3.03. The van der Waals surface area contributed by atoms with Gasteiger partial charge >= 0.3 is 0 Å². The van der Waals surface area contributed by atoms with E-state index in [2.05, 4.69) is 12.2 Å². The van der Waals surface area contributed by atoms with Gasteiger partial charge in [-0.2, -0.15) is 0 Å². The monoisotopic (exact) mass is 252 g/mol. The molecular formula is C14H24N2O2. The summed E-state index contributed by atoms with van der Waals surface area (Å²) in [5.74, 6) is 0.248. The number of hydrogen-bond donors (Lipinski definition) is 1. The Balaban J connectivity index is 2.03. The number of nitrogens with one attached hydrogen (secondary N) is 1. The lowest BCUT2D eigenvalue weighted by atomic mass is 9.96. The average molecular weight is 252 g/mol. The summed E-state index contributed by atoms with van der Waals surface area (Å²) >= 11 is 0. The van der Waals surface area contributed by atoms with Crippen LogP contribution in [0.2, 0.25) is 0 Å². The molecule has 18 heavy (non-hydrogen) atoms. The summed E-state index contributed by atoms with van der Waals surface area (Å²) in [4.78, 5) is 25.8. The van der Waals surface area contributed by atoms with Crippen LogP contribution < -0.4 is 5.32 Å². The third kappa shape index (κ3) is 2.68. The highest BCUT2D eigenvalue weighted by Gasteiger charge is 2.46. The van der Waals surface area contributed by atoms with Crippen LogP contribution in [0.25, 0.3) is 0 Å². The third-order valence-corrected chi connectivity index (χ3v) is 4.16. The van der Waals surface area contributed by atoms with Crippen LogP contribution in [0.5, 0.6) is 0 Å². The molecule has 1 unspecified atom stereocenters. The maximum atomic E-state index is 12.3. The topological polar surface area (TPSA) is 49.4 Å². The molecule has 1 aliphatic heterocycles. The van der Waals surface area contributed by atoms with Gasteiger partial charge in [-0.25, -0.2) is 0 Å². The molecular weight excluding hydrogens is 228 g/mol. The van der Waals surface area contributed by atoms with E-state index in [1.807, 2.05) is 13.8 Å². The minimum atomic E-state index is -0.330. The molecule has 0 bridgehead atoms. The Hall–Kier alpha value is -1.06. The zero-order valence-corrected chi connectivity index (χ0v) is 11.7. The van der Waals surface area contributed by atoms with Crippen LogP contribution in [-0.2, 0) is 9.59 Å². The molecule has 1 saturated carbocycles. The maximum Gasteiger partial charge on any atom is 0.245 e. The third-order valence-electron chi connectivity index (χ3n) is 4.16. The van der Waals surface area contributed by atoms with Crippen molar-refractivity contribution in [2.75, 3.05) is 13.1 Å². The summed E-state index contributed by atoms with van der Waals surface area (Å²) < 4.78 is 0. The highest BCUT2D eigenvalue weighted by atomic mass is 16.2. The van der Waals surface area contributed by atoms with Gasteiger partial charge in [-0.1, -0.05) is 27.2 Å². The Morgan fingerprint density at radius 1 is 1.39 bits per heavy atom. The van der Waals surface area contributed by atoms with E-state index in [-0.39, 0.29) is 30.3 Å². The molecule has 0 radical (unpaired) electrons. The summed E-state index contributed by atoms with van der Waals surface area (Å²) in [5, 5.41) is 2.80. The van der Waals surface area contributed by atoms with E-state index in [4.69, 9.17) is 0 Å². The number of piperazine rings is 1. The van der Waals surface area contributed by atoms with Crippen molar-refractivity contribution >= 4 is 11.8 Å². The van der Waals surface area contributed by atoms with Gasteiger partial charge in [0.15, 0.2) is 0 Å². The molecule has 2 fully saturated rings. The van der Waals surface area contributed by atoms with Crippen LogP contribution in [0.4, 0.5) is 0 Å². The molecule has 0 spiro atoms. The molecule has 1 heterocycles. The second-order valence-electron chi connectivity index (χ2n) is 6.23. The number of carbonyl (C=O) groups is 2. The lowest BCUT2D eigenvalue weighted by molar-refractivity contribution is -0.146. The van der Waals surface area contributed by atoms with Crippen molar-refractivity contribution in [2.24, 2.45) is 11.3 Å². The maximum absolute atomic E-state index is 12.3. The van der Waals surface area contributed by atoms with Gasteiger partial charge in [0.2, 0.25) is 11.8 Å². The van der Waals surface area contributed by atoms with Gasteiger partial charge in [0.05, 0.1) is 6.54 Å². The molecule has 1 aliphatic carbocycles. The van der Waals surface area contributed by atoms with Crippen LogP contribution in [-0.4, -0.2) is 35.8 Å². The summed E-state index contributed by atoms with van der Waals surface area (Å²) in [5.41, 5.74) is 0.323. The number of rotatable bonds is 5. The van der Waals surface area contributed by atoms with Gasteiger partial charge in [-0.3, -0.25) is 9.59 Å². The van der Waals surface area contributed by atoms with Crippen molar-refractivity contribution in [1.82, 2.24) is 10.2 Å². The quantitative estimate of drug-likeness (QED) is 0.807. The molecule has 1 saturated heterocycles. The first-order valence-electron chi connectivity index (χ1n) is 7.05. The van der Waals surface area contributed by atoms with E-state index in [0.717, 1.165) is 13.0 Å². The van der Waals surface area contributed by atoms with Crippen molar-refractivity contribution < 1.29 is 9.59 Å². The summed E-state index contributed by atoms with van der Waals surface area (Å²) in [7, 11) is 0. The molecule has 0 aromatic carbocycles. The molecule has 2 aliphatic rings. The fraction of sp³-hybridized carbons (Fsp3) is 0.857. The highest BCUT2D eigenvalue weighted by Crippen LogP contribution is 2.50. The predicted octanol–water partition coefficient (Wildman–Crippen LogP) is 1.55. The second kappa shape index (κ2) is 4.90. The minimum Gasteiger partial charge on any atom is -0.343 e. The Morgan fingerprint density at radius 3 is 2.56 bits per heavy atom. The number of carbonyl (C=O) groups excluding carboxylic acids is 2. The van der Waals surface area contributed by atoms with Gasteiger partial charge in [-0.05, 0) is 30.6 Å². The van der Waals surface area contributed by atoms with Crippen molar-refractivity contribution in [3.63, 3.8) is 0 Å². The molecule has 0 aromatic heterocycles. The Bertz CT molecular complexity index is 348. The molecule has 4 heteroatoms. The summed E-state index contributed by atoms with van der Waals surface area (Å²) in [6.07, 6.45) is 4.74. The smallest absolute Gasteiger partial charge is 0.245 e. The van der Waals surface area contributed by atoms with Gasteiger partial charge in [0, 0.05) is 6.54 Å². The van der Waals surface area contributed by atoms with E-state index in [1.54, 1.807) is 4.90 Å². The largest absolute Gasteiger partial charge is 0.343 e. The zero-order chi connectivity index (χ0) is 13.3. The Labute approximate surface area is 109 Å². The highest BCUT2D eigenvalue weighted by molar-refractivity contribution is 5.95. The van der Waals surface area contributed by atoms with Crippen molar-refractivity contribution in [1.29, 1.82) is 0 Å². The van der Waals surface area contributed by atoms with E-state index in [0.29, 0.717) is 5.41 Å². The van der Waals surface area contributed by atoms with Gasteiger partial charge in [0.1, 0.15) is 6.04 Å². The number of amides is 2. The SMILES string of the molecule is CCCC1(CN2CC(=O)NC(C(C)C)C2=O)CC1. The normalized spacial score (nSPS) is 26.4. The standard InChI is InChI=1S/C14H24N2O2/c1-4-5-14(6-7-14)9-16-8-11(17)15-12(10(2)3)13(16)18/h10,12H,4-9H2,1-3H3,(H,15,17). The van der Waals surface area contributed by atoms with Crippen LogP contribution in [0.3, 0.4) is 0 Å². The molecule has 2 amide bonds. The Morgan fingerprint density at radius 2 is 2.06 bits per heavy atom. The molecule has 1 atom stereocenters. The number of hydrogen-bond acceptors (Lipinski definition) is 2. The van der Waals surface area contributed by atoms with E-state index >= 15 is 0 Å². The van der Waals surface area contributed by atoms with Crippen molar-refractivity contribution in [3.05, 3.63) is 0 Å². The molecule has 4 nitrogen and oxygen atoms in total.